The molecule has 0 heterocycles. The normalized spacial score (nSPS) is 10.3. The fourth-order valence-corrected chi connectivity index (χ4v) is 2.37. The summed E-state index contributed by atoms with van der Waals surface area (Å²) in [5.74, 6) is 1.02. The fraction of sp³-hybridized carbons (Fsp3) is 0. The van der Waals surface area contributed by atoms with Crippen molar-refractivity contribution in [3.63, 3.8) is 0 Å². The lowest BCUT2D eigenvalue weighted by atomic mass is 10.2. The van der Waals surface area contributed by atoms with Crippen LogP contribution in [0.3, 0.4) is 0 Å². The van der Waals surface area contributed by atoms with Crippen molar-refractivity contribution < 1.29 is 4.74 Å². The van der Waals surface area contributed by atoms with Crippen LogP contribution in [0, 0.1) is 5.41 Å². The van der Waals surface area contributed by atoms with Gasteiger partial charge in [-0.1, -0.05) is 29.3 Å². The predicted octanol–water partition coefficient (Wildman–Crippen LogP) is 4.83. The molecule has 0 bridgehead atoms. The third-order valence-electron chi connectivity index (χ3n) is 2.37. The van der Waals surface area contributed by atoms with E-state index in [1.165, 1.54) is 0 Å². The minimum atomic E-state index is -0.0146. The van der Waals surface area contributed by atoms with E-state index in [1.54, 1.807) is 36.4 Å². The first-order valence-electron chi connectivity index (χ1n) is 5.25. The maximum atomic E-state index is 7.40. The number of nitrogen functional groups attached to an aromatic ring is 1. The van der Waals surface area contributed by atoms with Gasteiger partial charge in [-0.2, -0.15) is 0 Å². The van der Waals surface area contributed by atoms with Crippen molar-refractivity contribution in [1.29, 1.82) is 5.41 Å². The Morgan fingerprint density at radius 1 is 1.21 bits per heavy atom. The van der Waals surface area contributed by atoms with E-state index >= 15 is 0 Å². The van der Waals surface area contributed by atoms with Gasteiger partial charge in [-0.05, 0) is 46.3 Å². The molecular weight excluding hydrogens is 351 g/mol. The Bertz CT molecular complexity index is 647. The van der Waals surface area contributed by atoms with Gasteiger partial charge in [0.25, 0.3) is 0 Å². The lowest BCUT2D eigenvalue weighted by molar-refractivity contribution is 0.482. The average Bonchev–Trinajstić information content (AvgIpc) is 2.34. The summed E-state index contributed by atoms with van der Waals surface area (Å²) in [4.78, 5) is 0. The van der Waals surface area contributed by atoms with Crippen molar-refractivity contribution in [2.45, 2.75) is 0 Å². The Morgan fingerprint density at radius 2 is 1.95 bits per heavy atom. The van der Waals surface area contributed by atoms with Gasteiger partial charge in [0.15, 0.2) is 0 Å². The lowest BCUT2D eigenvalue weighted by Gasteiger charge is -2.10. The van der Waals surface area contributed by atoms with Crippen molar-refractivity contribution in [3.05, 3.63) is 56.5 Å². The summed E-state index contributed by atoms with van der Waals surface area (Å²) in [7, 11) is 0. The number of amidine groups is 1. The van der Waals surface area contributed by atoms with Gasteiger partial charge in [-0.25, -0.2) is 0 Å². The van der Waals surface area contributed by atoms with E-state index in [9.17, 15) is 0 Å². The summed E-state index contributed by atoms with van der Waals surface area (Å²) in [6.07, 6.45) is 0. The number of nitrogens with one attached hydrogen (secondary N) is 1. The number of benzene rings is 2. The van der Waals surface area contributed by atoms with Gasteiger partial charge in [0.2, 0.25) is 0 Å². The van der Waals surface area contributed by atoms with Crippen LogP contribution in [-0.2, 0) is 0 Å². The molecule has 0 aromatic heterocycles. The third kappa shape index (κ3) is 3.21. The SMILES string of the molecule is N=C(N)c1ccc(Oc2cccc(Cl)c2Cl)cc1Br. The number of rotatable bonds is 3. The number of hydrogen-bond donors (Lipinski definition) is 2. The smallest absolute Gasteiger partial charge is 0.147 e. The van der Waals surface area contributed by atoms with Gasteiger partial charge in [0, 0.05) is 10.0 Å². The Kier molecular flexibility index (Phi) is 4.34. The lowest BCUT2D eigenvalue weighted by Crippen LogP contribution is -2.11. The Hall–Kier alpha value is -1.23. The van der Waals surface area contributed by atoms with Gasteiger partial charge < -0.3 is 10.5 Å². The van der Waals surface area contributed by atoms with Crippen molar-refractivity contribution in [2.75, 3.05) is 0 Å². The molecule has 0 amide bonds. The molecule has 2 rings (SSSR count). The van der Waals surface area contributed by atoms with Crippen LogP contribution in [0.1, 0.15) is 5.56 Å². The minimum Gasteiger partial charge on any atom is -0.456 e. The standard InChI is InChI=1S/C13H9BrCl2N2O/c14-9-6-7(4-5-8(9)13(17)18)19-11-3-1-2-10(15)12(11)16/h1-6H,(H3,17,18). The predicted molar refractivity (Wildman–Crippen MR) is 81.7 cm³/mol. The van der Waals surface area contributed by atoms with Crippen LogP contribution in [-0.4, -0.2) is 5.84 Å². The Labute approximate surface area is 128 Å². The highest BCUT2D eigenvalue weighted by molar-refractivity contribution is 9.10. The van der Waals surface area contributed by atoms with Gasteiger partial charge >= 0.3 is 0 Å². The van der Waals surface area contributed by atoms with Crippen molar-refractivity contribution >= 4 is 45.0 Å². The zero-order valence-corrected chi connectivity index (χ0v) is 12.7. The summed E-state index contributed by atoms with van der Waals surface area (Å²) >= 11 is 15.3. The first kappa shape index (κ1) is 14.2. The van der Waals surface area contributed by atoms with E-state index in [4.69, 9.17) is 39.1 Å². The van der Waals surface area contributed by atoms with E-state index in [0.717, 1.165) is 0 Å². The summed E-state index contributed by atoms with van der Waals surface area (Å²) in [6.45, 7) is 0. The fourth-order valence-electron chi connectivity index (χ4n) is 1.47. The molecule has 0 aliphatic heterocycles. The van der Waals surface area contributed by atoms with Crippen molar-refractivity contribution in [3.8, 4) is 11.5 Å². The van der Waals surface area contributed by atoms with E-state index < -0.39 is 0 Å². The zero-order valence-electron chi connectivity index (χ0n) is 9.58. The second kappa shape index (κ2) is 5.82. The van der Waals surface area contributed by atoms with Crippen LogP contribution in [0.4, 0.5) is 0 Å². The highest BCUT2D eigenvalue weighted by Gasteiger charge is 2.09. The van der Waals surface area contributed by atoms with Gasteiger partial charge in [-0.15, -0.1) is 0 Å². The molecule has 2 aromatic carbocycles. The molecule has 0 fully saturated rings. The number of nitrogens with two attached hydrogens (primary N) is 1. The molecule has 0 saturated heterocycles. The largest absolute Gasteiger partial charge is 0.456 e. The molecule has 3 nitrogen and oxygen atoms in total. The molecular formula is C13H9BrCl2N2O. The third-order valence-corrected chi connectivity index (χ3v) is 3.83. The number of halogens is 3. The molecule has 0 atom stereocenters. The van der Waals surface area contributed by atoms with Gasteiger partial charge in [0.05, 0.1) is 5.02 Å². The van der Waals surface area contributed by atoms with Crippen LogP contribution in [0.2, 0.25) is 10.0 Å². The number of ether oxygens (including phenoxy) is 1. The molecule has 0 unspecified atom stereocenters. The molecule has 0 radical (unpaired) electrons. The van der Waals surface area contributed by atoms with E-state index in [-0.39, 0.29) is 5.84 Å². The average molecular weight is 360 g/mol. The second-order valence-electron chi connectivity index (χ2n) is 3.71. The van der Waals surface area contributed by atoms with Crippen molar-refractivity contribution in [1.82, 2.24) is 0 Å². The van der Waals surface area contributed by atoms with Gasteiger partial charge in [0.1, 0.15) is 22.4 Å². The van der Waals surface area contributed by atoms with Crippen LogP contribution in [0.25, 0.3) is 0 Å². The summed E-state index contributed by atoms with van der Waals surface area (Å²) in [5.41, 5.74) is 6.04. The minimum absolute atomic E-state index is 0.0146. The second-order valence-corrected chi connectivity index (χ2v) is 5.35. The summed E-state index contributed by atoms with van der Waals surface area (Å²) in [6, 6.07) is 10.3. The van der Waals surface area contributed by atoms with Crippen LogP contribution in [0.15, 0.2) is 40.9 Å². The van der Waals surface area contributed by atoms with Gasteiger partial charge in [-0.3, -0.25) is 5.41 Å². The van der Waals surface area contributed by atoms with Crippen molar-refractivity contribution in [2.24, 2.45) is 5.73 Å². The Morgan fingerprint density at radius 3 is 2.58 bits per heavy atom. The first-order valence-corrected chi connectivity index (χ1v) is 6.79. The highest BCUT2D eigenvalue weighted by Crippen LogP contribution is 2.35. The molecule has 0 aliphatic carbocycles. The maximum Gasteiger partial charge on any atom is 0.147 e. The van der Waals surface area contributed by atoms with Crippen LogP contribution < -0.4 is 10.5 Å². The van der Waals surface area contributed by atoms with Crippen LogP contribution >= 0.6 is 39.1 Å². The number of hydrogen-bond acceptors (Lipinski definition) is 2. The molecule has 0 aliphatic rings. The summed E-state index contributed by atoms with van der Waals surface area (Å²) < 4.78 is 6.32. The molecule has 98 valence electrons. The van der Waals surface area contributed by atoms with Crippen LogP contribution in [0.5, 0.6) is 11.5 Å². The molecule has 19 heavy (non-hydrogen) atoms. The molecule has 0 spiro atoms. The molecule has 2 aromatic rings. The summed E-state index contributed by atoms with van der Waals surface area (Å²) in [5, 5.41) is 8.19. The van der Waals surface area contributed by atoms with E-state index in [1.807, 2.05) is 0 Å². The Balaban J connectivity index is 2.32. The van der Waals surface area contributed by atoms with E-state index in [0.29, 0.717) is 31.6 Å². The highest BCUT2D eigenvalue weighted by atomic mass is 79.9. The topological polar surface area (TPSA) is 59.1 Å². The zero-order chi connectivity index (χ0) is 14.0. The van der Waals surface area contributed by atoms with E-state index in [2.05, 4.69) is 15.9 Å². The molecule has 3 N–H and O–H groups in total. The first-order chi connectivity index (χ1) is 8.99. The maximum absolute atomic E-state index is 7.40. The molecule has 0 saturated carbocycles. The monoisotopic (exact) mass is 358 g/mol. The molecule has 6 heteroatoms. The quantitative estimate of drug-likeness (QED) is 0.608.